The van der Waals surface area contributed by atoms with Gasteiger partial charge in [-0.3, -0.25) is 14.6 Å². The first-order valence-electron chi connectivity index (χ1n) is 16.7. The summed E-state index contributed by atoms with van der Waals surface area (Å²) in [6.45, 7) is 10.7. The lowest BCUT2D eigenvalue weighted by Crippen LogP contribution is -2.35. The number of fused-ring (bicyclic) bond motifs is 1. The number of aromatic nitrogens is 5. The smallest absolute Gasteiger partial charge is 0.320 e. The maximum absolute atomic E-state index is 14.0. The van der Waals surface area contributed by atoms with Gasteiger partial charge in [-0.2, -0.15) is 5.10 Å². The topological polar surface area (TPSA) is 122 Å². The van der Waals surface area contributed by atoms with E-state index < -0.39 is 5.82 Å². The average Bonchev–Trinajstić information content (AvgIpc) is 3.74. The number of nitrogens with zero attached hydrogens (tertiary/aromatic N) is 6. The molecule has 0 spiro atoms. The number of pyridine rings is 1. The van der Waals surface area contributed by atoms with Crippen LogP contribution in [0.2, 0.25) is 0 Å². The van der Waals surface area contributed by atoms with E-state index in [9.17, 15) is 14.3 Å². The van der Waals surface area contributed by atoms with E-state index in [0.29, 0.717) is 17.3 Å². The van der Waals surface area contributed by atoms with Crippen molar-refractivity contribution in [1.29, 1.82) is 0 Å². The molecule has 1 aliphatic heterocycles. The summed E-state index contributed by atoms with van der Waals surface area (Å²) in [6, 6.07) is 25.1. The molecule has 3 aromatic heterocycles. The second kappa shape index (κ2) is 14.5. The Bertz CT molecular complexity index is 2190. The summed E-state index contributed by atoms with van der Waals surface area (Å²) in [5, 5.41) is 29.7. The van der Waals surface area contributed by atoms with Gasteiger partial charge in [-0.15, -0.1) is 10.2 Å². The van der Waals surface area contributed by atoms with E-state index in [2.05, 4.69) is 58.6 Å². The summed E-state index contributed by atoms with van der Waals surface area (Å²) >= 11 is 1.51. The van der Waals surface area contributed by atoms with Crippen LogP contribution in [0.1, 0.15) is 37.6 Å². The number of benzene rings is 3. The third-order valence-corrected chi connectivity index (χ3v) is 9.69. The number of halogens is 1. The molecule has 0 unspecified atom stereocenters. The van der Waals surface area contributed by atoms with Crippen molar-refractivity contribution in [1.82, 2.24) is 34.6 Å². The Morgan fingerprint density at radius 3 is 2.63 bits per heavy atom. The minimum Gasteiger partial charge on any atom is -0.507 e. The van der Waals surface area contributed by atoms with E-state index >= 15 is 0 Å². The van der Waals surface area contributed by atoms with Gasteiger partial charge in [-0.1, -0.05) is 62.9 Å². The standard InChI is InChI=1S/C38H39FN8O3S/c1-38(2,3)33-21-35(47(44-33)28-9-6-7-25(19-28)23-45-15-17-50-18-16-45)41-37(49)40-22-26-8-4-5-10-32(26)51-29-12-14-34-42-43-36(46(34)24-29)30-20-27(39)11-13-31(30)48/h4-14,19-21,24,48H,15-18,22-23H2,1-3H3,(H2,40,41,49). The third kappa shape index (κ3) is 7.90. The van der Waals surface area contributed by atoms with Crippen molar-refractivity contribution in [3.05, 3.63) is 114 Å². The van der Waals surface area contributed by atoms with Crippen molar-refractivity contribution in [3.63, 3.8) is 0 Å². The second-order valence-corrected chi connectivity index (χ2v) is 14.5. The predicted octanol–water partition coefficient (Wildman–Crippen LogP) is 7.03. The van der Waals surface area contributed by atoms with Crippen LogP contribution in [0.5, 0.6) is 5.75 Å². The van der Waals surface area contributed by atoms with E-state index in [1.54, 1.807) is 9.08 Å². The molecule has 1 aliphatic rings. The number of hydrogen-bond acceptors (Lipinski definition) is 8. The molecular formula is C38H39FN8O3S. The Kier molecular flexibility index (Phi) is 9.76. The number of ether oxygens (including phenoxy) is 1. The molecule has 0 saturated carbocycles. The van der Waals surface area contributed by atoms with E-state index in [4.69, 9.17) is 9.84 Å². The summed E-state index contributed by atoms with van der Waals surface area (Å²) < 4.78 is 23.0. The predicted molar refractivity (Wildman–Crippen MR) is 195 cm³/mol. The Balaban J connectivity index is 1.07. The van der Waals surface area contributed by atoms with Gasteiger partial charge in [-0.25, -0.2) is 13.9 Å². The van der Waals surface area contributed by atoms with E-state index in [0.717, 1.165) is 59.6 Å². The molecule has 3 aromatic carbocycles. The lowest BCUT2D eigenvalue weighted by atomic mass is 9.92. The zero-order valence-corrected chi connectivity index (χ0v) is 29.5. The van der Waals surface area contributed by atoms with Gasteiger partial charge in [0, 0.05) is 53.6 Å². The number of aromatic hydroxyl groups is 1. The SMILES string of the molecule is CC(C)(C)c1cc(NC(=O)NCc2ccccc2Sc2ccc3nnc(-c4cc(F)ccc4O)n3c2)n(-c2cccc(CN3CCOCC3)c2)n1. The number of carbonyl (C=O) groups excluding carboxylic acids is 1. The summed E-state index contributed by atoms with van der Waals surface area (Å²) in [6.07, 6.45) is 1.85. The van der Waals surface area contributed by atoms with Crippen molar-refractivity contribution < 1.29 is 19.0 Å². The van der Waals surface area contributed by atoms with Crippen LogP contribution in [0, 0.1) is 5.82 Å². The third-order valence-electron chi connectivity index (χ3n) is 8.60. The second-order valence-electron chi connectivity index (χ2n) is 13.4. The number of phenols is 1. The van der Waals surface area contributed by atoms with Crippen molar-refractivity contribution in [2.75, 3.05) is 31.6 Å². The molecule has 262 valence electrons. The normalized spacial score (nSPS) is 13.8. The van der Waals surface area contributed by atoms with Crippen LogP contribution in [-0.4, -0.2) is 66.7 Å². The van der Waals surface area contributed by atoms with Gasteiger partial charge in [0.2, 0.25) is 0 Å². The molecule has 3 N–H and O–H groups in total. The van der Waals surface area contributed by atoms with Crippen LogP contribution in [0.25, 0.3) is 22.7 Å². The molecule has 4 heterocycles. The molecule has 0 aliphatic carbocycles. The zero-order chi connectivity index (χ0) is 35.5. The number of urea groups is 1. The first kappa shape index (κ1) is 34.2. The number of morpholine rings is 1. The first-order chi connectivity index (χ1) is 24.6. The first-order valence-corrected chi connectivity index (χ1v) is 17.6. The molecule has 2 amide bonds. The van der Waals surface area contributed by atoms with Gasteiger partial charge in [0.25, 0.3) is 0 Å². The highest BCUT2D eigenvalue weighted by Crippen LogP contribution is 2.34. The van der Waals surface area contributed by atoms with Crippen molar-refractivity contribution in [3.8, 4) is 22.8 Å². The fraction of sp³-hybridized carbons (Fsp3) is 0.263. The molecule has 0 bridgehead atoms. The maximum atomic E-state index is 14.0. The van der Waals surface area contributed by atoms with Crippen LogP contribution >= 0.6 is 11.8 Å². The minimum atomic E-state index is -0.483. The molecule has 51 heavy (non-hydrogen) atoms. The van der Waals surface area contributed by atoms with Crippen LogP contribution in [0.3, 0.4) is 0 Å². The number of hydrogen-bond donors (Lipinski definition) is 3. The Morgan fingerprint density at radius 1 is 0.980 bits per heavy atom. The van der Waals surface area contributed by atoms with Crippen molar-refractivity contribution in [2.45, 2.75) is 49.1 Å². The number of amides is 2. The van der Waals surface area contributed by atoms with Crippen LogP contribution < -0.4 is 10.6 Å². The largest absolute Gasteiger partial charge is 0.507 e. The molecule has 7 rings (SSSR count). The zero-order valence-electron chi connectivity index (χ0n) is 28.6. The number of carbonyl (C=O) groups is 1. The van der Waals surface area contributed by atoms with Gasteiger partial charge in [0.1, 0.15) is 17.4 Å². The van der Waals surface area contributed by atoms with Gasteiger partial charge in [0.05, 0.1) is 30.2 Å². The number of anilines is 1. The highest BCUT2D eigenvalue weighted by Gasteiger charge is 2.22. The molecular weight excluding hydrogens is 668 g/mol. The lowest BCUT2D eigenvalue weighted by molar-refractivity contribution is 0.0342. The number of rotatable bonds is 9. The van der Waals surface area contributed by atoms with Gasteiger partial charge >= 0.3 is 6.03 Å². The molecule has 0 atom stereocenters. The highest BCUT2D eigenvalue weighted by molar-refractivity contribution is 7.99. The van der Waals surface area contributed by atoms with Gasteiger partial charge < -0.3 is 15.2 Å². The summed E-state index contributed by atoms with van der Waals surface area (Å²) in [4.78, 5) is 17.6. The Labute approximate surface area is 299 Å². The average molecular weight is 707 g/mol. The van der Waals surface area contributed by atoms with Crippen LogP contribution in [-0.2, 0) is 23.2 Å². The Morgan fingerprint density at radius 2 is 1.80 bits per heavy atom. The van der Waals surface area contributed by atoms with Gasteiger partial charge in [0.15, 0.2) is 11.5 Å². The monoisotopic (exact) mass is 706 g/mol. The molecule has 13 heteroatoms. The molecule has 6 aromatic rings. The van der Waals surface area contributed by atoms with E-state index in [1.807, 2.05) is 60.8 Å². The van der Waals surface area contributed by atoms with Crippen molar-refractivity contribution >= 4 is 29.3 Å². The van der Waals surface area contributed by atoms with Crippen LogP contribution in [0.15, 0.2) is 101 Å². The summed E-state index contributed by atoms with van der Waals surface area (Å²) in [7, 11) is 0. The molecule has 0 radical (unpaired) electrons. The molecule has 1 saturated heterocycles. The van der Waals surface area contributed by atoms with E-state index in [-0.39, 0.29) is 29.3 Å². The fourth-order valence-corrected chi connectivity index (χ4v) is 6.82. The van der Waals surface area contributed by atoms with Crippen molar-refractivity contribution in [2.24, 2.45) is 0 Å². The van der Waals surface area contributed by atoms with Gasteiger partial charge in [-0.05, 0) is 59.7 Å². The highest BCUT2D eigenvalue weighted by atomic mass is 32.2. The number of nitrogens with one attached hydrogen (secondary N) is 2. The van der Waals surface area contributed by atoms with Crippen LogP contribution in [0.4, 0.5) is 15.0 Å². The quantitative estimate of drug-likeness (QED) is 0.147. The number of phenolic OH excluding ortho intramolecular Hbond substituents is 1. The van der Waals surface area contributed by atoms with E-state index in [1.165, 1.54) is 35.5 Å². The Hall–Kier alpha value is -5.24. The summed E-state index contributed by atoms with van der Waals surface area (Å²) in [5.41, 5.74) is 4.39. The molecule has 11 nitrogen and oxygen atoms in total. The molecule has 1 fully saturated rings. The summed E-state index contributed by atoms with van der Waals surface area (Å²) in [5.74, 6) is 0.330. The maximum Gasteiger partial charge on any atom is 0.320 e. The fourth-order valence-electron chi connectivity index (χ4n) is 5.85. The minimum absolute atomic E-state index is 0.0894. The lowest BCUT2D eigenvalue weighted by Gasteiger charge is -2.26.